The summed E-state index contributed by atoms with van der Waals surface area (Å²) in [5, 5.41) is 2.32. The number of carbonyl (C=O) groups excluding carboxylic acids is 2. The molecule has 2 fully saturated rings. The minimum absolute atomic E-state index is 0.000197. The van der Waals surface area contributed by atoms with Gasteiger partial charge in [0.15, 0.2) is 21.4 Å². The highest BCUT2D eigenvalue weighted by atomic mass is 32.2. The maximum Gasteiger partial charge on any atom is 0.230 e. The number of imide groups is 1. The summed E-state index contributed by atoms with van der Waals surface area (Å²) in [6, 6.07) is 3.77. The Morgan fingerprint density at radius 1 is 1.16 bits per heavy atom. The zero-order chi connectivity index (χ0) is 22.6. The predicted octanol–water partition coefficient (Wildman–Crippen LogP) is 4.03. The molecule has 0 spiro atoms. The first kappa shape index (κ1) is 23.7. The molecule has 1 aliphatic carbocycles. The topological polar surface area (TPSA) is 89.5 Å². The SMILES string of the molecule is CC(C)(CCCCCC1CC(=O)NC1=O)CS(=O)(=O)c1ccc(F)c(OCC2CC2)c1. The Morgan fingerprint density at radius 3 is 2.55 bits per heavy atom. The highest BCUT2D eigenvalue weighted by Crippen LogP contribution is 2.33. The standard InChI is InChI=1S/C23H32FNO5S/c1-23(2,11-5-3-4-6-17-12-21(26)25-22(17)27)15-31(28,29)18-9-10-19(24)20(13-18)30-14-16-7-8-16/h9-10,13,16-17H,3-8,11-12,14-15H2,1-2H3,(H,25,26,27). The third kappa shape index (κ3) is 7.02. The number of sulfone groups is 1. The molecule has 172 valence electrons. The van der Waals surface area contributed by atoms with Gasteiger partial charge in [-0.3, -0.25) is 14.9 Å². The van der Waals surface area contributed by atoms with Crippen molar-refractivity contribution >= 4 is 21.7 Å². The van der Waals surface area contributed by atoms with Crippen molar-refractivity contribution in [2.75, 3.05) is 12.4 Å². The molecule has 0 radical (unpaired) electrons. The molecule has 8 heteroatoms. The Balaban J connectivity index is 1.48. The van der Waals surface area contributed by atoms with Crippen LogP contribution < -0.4 is 10.1 Å². The van der Waals surface area contributed by atoms with E-state index in [1.54, 1.807) is 0 Å². The van der Waals surface area contributed by atoms with Crippen LogP contribution in [0.15, 0.2) is 23.1 Å². The summed E-state index contributed by atoms with van der Waals surface area (Å²) in [4.78, 5) is 22.9. The number of rotatable bonds is 12. The molecule has 1 saturated carbocycles. The Labute approximate surface area is 183 Å². The molecule has 0 bridgehead atoms. The van der Waals surface area contributed by atoms with E-state index in [0.29, 0.717) is 25.4 Å². The van der Waals surface area contributed by atoms with E-state index in [4.69, 9.17) is 4.74 Å². The average molecular weight is 454 g/mol. The van der Waals surface area contributed by atoms with E-state index in [9.17, 15) is 22.4 Å². The van der Waals surface area contributed by atoms with Crippen LogP contribution in [0, 0.1) is 23.1 Å². The lowest BCUT2D eigenvalue weighted by atomic mass is 9.88. The highest BCUT2D eigenvalue weighted by molar-refractivity contribution is 7.91. The van der Waals surface area contributed by atoms with Crippen LogP contribution in [0.4, 0.5) is 4.39 Å². The van der Waals surface area contributed by atoms with Crippen LogP contribution in [0.5, 0.6) is 5.75 Å². The molecule has 0 aromatic heterocycles. The summed E-state index contributed by atoms with van der Waals surface area (Å²) in [6.45, 7) is 4.26. The summed E-state index contributed by atoms with van der Waals surface area (Å²) in [7, 11) is -3.59. The molecule has 1 aromatic rings. The van der Waals surface area contributed by atoms with Crippen LogP contribution in [-0.4, -0.2) is 32.6 Å². The Morgan fingerprint density at radius 2 is 1.90 bits per heavy atom. The molecule has 1 heterocycles. The second kappa shape index (κ2) is 9.67. The lowest BCUT2D eigenvalue weighted by Crippen LogP contribution is -2.24. The first-order valence-electron chi connectivity index (χ1n) is 11.0. The second-order valence-corrected chi connectivity index (χ2v) is 11.7. The fourth-order valence-electron chi connectivity index (χ4n) is 3.96. The molecule has 3 rings (SSSR count). The van der Waals surface area contributed by atoms with E-state index in [-0.39, 0.29) is 40.6 Å². The van der Waals surface area contributed by atoms with Crippen molar-refractivity contribution in [3.63, 3.8) is 0 Å². The molecule has 1 saturated heterocycles. The van der Waals surface area contributed by atoms with E-state index in [2.05, 4.69) is 5.32 Å². The van der Waals surface area contributed by atoms with E-state index in [0.717, 1.165) is 38.2 Å². The van der Waals surface area contributed by atoms with Gasteiger partial charge in [0.2, 0.25) is 11.8 Å². The van der Waals surface area contributed by atoms with Gasteiger partial charge in [0.25, 0.3) is 0 Å². The molecule has 1 aliphatic heterocycles. The van der Waals surface area contributed by atoms with E-state index in [1.807, 2.05) is 13.8 Å². The van der Waals surface area contributed by atoms with Crippen molar-refractivity contribution in [3.8, 4) is 5.75 Å². The highest BCUT2D eigenvalue weighted by Gasteiger charge is 2.31. The van der Waals surface area contributed by atoms with Crippen LogP contribution in [0.2, 0.25) is 0 Å². The summed E-state index contributed by atoms with van der Waals surface area (Å²) in [5.41, 5.74) is -0.442. The van der Waals surface area contributed by atoms with Gasteiger partial charge in [0.05, 0.1) is 17.3 Å². The quantitative estimate of drug-likeness (QED) is 0.293. The van der Waals surface area contributed by atoms with Crippen LogP contribution in [0.25, 0.3) is 0 Å². The van der Waals surface area contributed by atoms with Gasteiger partial charge in [0.1, 0.15) is 0 Å². The number of nitrogens with one attached hydrogen (secondary N) is 1. The van der Waals surface area contributed by atoms with Crippen molar-refractivity contribution in [1.29, 1.82) is 0 Å². The molecule has 6 nitrogen and oxygen atoms in total. The molecule has 1 unspecified atom stereocenters. The van der Waals surface area contributed by atoms with E-state index >= 15 is 0 Å². The summed E-state index contributed by atoms with van der Waals surface area (Å²) >= 11 is 0. The Hall–Kier alpha value is -1.96. The number of hydrogen-bond donors (Lipinski definition) is 1. The van der Waals surface area contributed by atoms with E-state index in [1.165, 1.54) is 12.1 Å². The number of amides is 2. The van der Waals surface area contributed by atoms with Gasteiger partial charge in [-0.25, -0.2) is 12.8 Å². The minimum Gasteiger partial charge on any atom is -0.490 e. The average Bonchev–Trinajstić information content (AvgIpc) is 3.43. The van der Waals surface area contributed by atoms with Gasteiger partial charge >= 0.3 is 0 Å². The van der Waals surface area contributed by atoms with Crippen LogP contribution in [-0.2, 0) is 19.4 Å². The Kier molecular flexibility index (Phi) is 7.39. The van der Waals surface area contributed by atoms with Gasteiger partial charge in [-0.1, -0.05) is 33.1 Å². The maximum absolute atomic E-state index is 14.0. The number of unbranched alkanes of at least 4 members (excludes halogenated alkanes) is 2. The molecule has 2 amide bonds. The van der Waals surface area contributed by atoms with Gasteiger partial charge in [-0.15, -0.1) is 0 Å². The number of halogens is 1. The van der Waals surface area contributed by atoms with Crippen molar-refractivity contribution in [1.82, 2.24) is 5.32 Å². The molecule has 1 atom stereocenters. The van der Waals surface area contributed by atoms with Crippen molar-refractivity contribution < 1.29 is 27.1 Å². The third-order valence-corrected chi connectivity index (χ3v) is 8.12. The van der Waals surface area contributed by atoms with Gasteiger partial charge < -0.3 is 4.74 Å². The zero-order valence-electron chi connectivity index (χ0n) is 18.3. The smallest absolute Gasteiger partial charge is 0.230 e. The summed E-state index contributed by atoms with van der Waals surface area (Å²) in [6.07, 6.45) is 6.34. The fraction of sp³-hybridized carbons (Fsp3) is 0.652. The lowest BCUT2D eigenvalue weighted by Gasteiger charge is -2.24. The first-order valence-corrected chi connectivity index (χ1v) is 12.7. The predicted molar refractivity (Wildman–Crippen MR) is 115 cm³/mol. The third-order valence-electron chi connectivity index (χ3n) is 5.99. The minimum atomic E-state index is -3.59. The molecule has 1 aromatic carbocycles. The van der Waals surface area contributed by atoms with E-state index < -0.39 is 21.1 Å². The normalized spacial score (nSPS) is 19.5. The monoisotopic (exact) mass is 453 g/mol. The lowest BCUT2D eigenvalue weighted by molar-refractivity contribution is -0.125. The number of carbonyl (C=O) groups is 2. The molecular weight excluding hydrogens is 421 g/mol. The Bertz CT molecular complexity index is 924. The molecule has 1 N–H and O–H groups in total. The first-order chi connectivity index (χ1) is 14.6. The largest absolute Gasteiger partial charge is 0.490 e. The summed E-state index contributed by atoms with van der Waals surface area (Å²) < 4.78 is 45.4. The second-order valence-electron chi connectivity index (χ2n) is 9.68. The van der Waals surface area contributed by atoms with Crippen LogP contribution in [0.1, 0.15) is 65.2 Å². The maximum atomic E-state index is 14.0. The summed E-state index contributed by atoms with van der Waals surface area (Å²) in [5.74, 6) is -0.748. The number of benzene rings is 1. The van der Waals surface area contributed by atoms with Crippen molar-refractivity contribution in [2.45, 2.75) is 70.1 Å². The van der Waals surface area contributed by atoms with Crippen LogP contribution in [0.3, 0.4) is 0 Å². The van der Waals surface area contributed by atoms with Crippen molar-refractivity contribution in [3.05, 3.63) is 24.0 Å². The van der Waals surface area contributed by atoms with Gasteiger partial charge in [-0.2, -0.15) is 0 Å². The van der Waals surface area contributed by atoms with Gasteiger partial charge in [-0.05, 0) is 49.1 Å². The molecule has 2 aliphatic rings. The van der Waals surface area contributed by atoms with Crippen molar-refractivity contribution in [2.24, 2.45) is 17.3 Å². The zero-order valence-corrected chi connectivity index (χ0v) is 19.1. The molecular formula is C23H32FNO5S. The number of ether oxygens (including phenoxy) is 1. The van der Waals surface area contributed by atoms with Gasteiger partial charge in [0, 0.05) is 18.4 Å². The van der Waals surface area contributed by atoms with Crippen LogP contribution >= 0.6 is 0 Å². The fourth-order valence-corrected chi connectivity index (χ4v) is 5.86. The molecule has 31 heavy (non-hydrogen) atoms. The number of hydrogen-bond acceptors (Lipinski definition) is 5.